The van der Waals surface area contributed by atoms with Crippen molar-refractivity contribution in [3.8, 4) is 0 Å². The van der Waals surface area contributed by atoms with Gasteiger partial charge in [-0.2, -0.15) is 0 Å². The molecule has 0 aliphatic heterocycles. The Balaban J connectivity index is -0.000000000500. The van der Waals surface area contributed by atoms with Gasteiger partial charge in [0.1, 0.15) is 0 Å². The second kappa shape index (κ2) is 345. The Labute approximate surface area is 59.2 Å². The van der Waals surface area contributed by atoms with Gasteiger partial charge in [0.05, 0.1) is 0 Å². The van der Waals surface area contributed by atoms with Crippen LogP contribution in [0.15, 0.2) is 0 Å². The minimum absolute atomic E-state index is 0. The quantitative estimate of drug-likeness (QED) is 0.589. The Kier molecular flexibility index (Phi) is 5410. The molecule has 0 saturated heterocycles. The van der Waals surface area contributed by atoms with Gasteiger partial charge in [-0.15, -0.1) is 0 Å². The molecule has 7 heavy (non-hydrogen) atoms. The molecule has 0 amide bonds. The predicted octanol–water partition coefficient (Wildman–Crippen LogP) is 0.922. The molecule has 0 atom stereocenters. The van der Waals surface area contributed by atoms with Crippen LogP contribution < -0.4 is 0 Å². The third kappa shape index (κ3) is 236. The fourth-order valence-corrected chi connectivity index (χ4v) is 0. The van der Waals surface area contributed by atoms with E-state index in [-0.39, 0.29) is 30.7 Å². The molecule has 8 N–H and O–H groups in total. The molecule has 0 aliphatic rings. The molecule has 6 heteroatoms. The van der Waals surface area contributed by atoms with Crippen LogP contribution in [0.3, 0.4) is 0 Å². The predicted molar refractivity (Wildman–Crippen MR) is 30.1 cm³/mol. The van der Waals surface area contributed by atoms with Gasteiger partial charge in [0.25, 0.3) is 0 Å². The molecule has 0 aromatic rings. The molecule has 4 nitrogen and oxygen atoms in total. The van der Waals surface area contributed by atoms with Crippen LogP contribution in [0, 0.1) is 7.43 Å². The molecule has 0 aromatic heterocycles. The van der Waals surface area contributed by atoms with E-state index in [4.69, 9.17) is 0 Å². The van der Waals surface area contributed by atoms with Crippen molar-refractivity contribution >= 4 is 9.42 Å². The molecule has 0 bridgehead atoms. The Morgan fingerprint density at radius 3 is 0.857 bits per heavy atom. The summed E-state index contributed by atoms with van der Waals surface area (Å²) in [5.41, 5.74) is 0. The van der Waals surface area contributed by atoms with E-state index in [9.17, 15) is 0 Å². The maximum absolute atomic E-state index is 4.61. The molecule has 0 radical (unpaired) electrons. The van der Waals surface area contributed by atoms with Gasteiger partial charge in [0.2, 0.25) is 0 Å². The largest absolute Gasteiger partial charge is 0.693 e. The standard InChI is InChI=1S/CH3.ClH.2H2N.2H2O.Pt/h1H3;1H;4*1H2;/q-1;;2*-1;;;+1/p-1. The minimum Gasteiger partial charge on any atom is -0.693 e. The van der Waals surface area contributed by atoms with E-state index in [0.29, 0.717) is 0 Å². The summed E-state index contributed by atoms with van der Waals surface area (Å²) >= 11 is 1.61. The summed E-state index contributed by atoms with van der Waals surface area (Å²) in [7, 11) is 4.61. The van der Waals surface area contributed by atoms with Gasteiger partial charge < -0.3 is 30.7 Å². The van der Waals surface area contributed by atoms with E-state index >= 15 is 0 Å². The third-order valence-corrected chi connectivity index (χ3v) is 0. The fourth-order valence-electron chi connectivity index (χ4n) is 0. The summed E-state index contributed by atoms with van der Waals surface area (Å²) in [6, 6.07) is 0. The molecule has 0 saturated carbocycles. The zero-order valence-electron chi connectivity index (χ0n) is 3.85. The minimum atomic E-state index is 0. The van der Waals surface area contributed by atoms with Crippen molar-refractivity contribution in [3.05, 3.63) is 19.7 Å². The van der Waals surface area contributed by atoms with E-state index in [0.717, 1.165) is 0 Å². The van der Waals surface area contributed by atoms with E-state index in [1.165, 1.54) is 0 Å². The van der Waals surface area contributed by atoms with Gasteiger partial charge in [0, 0.05) is 0 Å². The fraction of sp³-hybridized carbons (Fsp3) is 0. The van der Waals surface area contributed by atoms with E-state index in [1.54, 1.807) is 18.8 Å². The summed E-state index contributed by atoms with van der Waals surface area (Å²) in [5.74, 6) is 0. The molecular weight excluding hydrogens is 303 g/mol. The maximum atomic E-state index is 4.61. The third-order valence-electron chi connectivity index (χ3n) is 0. The number of nitrogens with two attached hydrogens (primary N) is 2. The van der Waals surface area contributed by atoms with Crippen molar-refractivity contribution in [3.63, 3.8) is 0 Å². The second-order valence-electron chi connectivity index (χ2n) is 0. The van der Waals surface area contributed by atoms with Crippen molar-refractivity contribution in [2.75, 3.05) is 0 Å². The first kappa shape index (κ1) is 110. The van der Waals surface area contributed by atoms with Crippen molar-refractivity contribution < 1.29 is 29.7 Å². The Morgan fingerprint density at radius 1 is 0.857 bits per heavy atom. The number of hydrogen-bond donors (Lipinski definition) is 0. The molecule has 57 valence electrons. The molecule has 0 rings (SSSR count). The van der Waals surface area contributed by atoms with Crippen LogP contribution in [0.25, 0.3) is 12.3 Å². The SMILES string of the molecule is O.O.[CH3-].[Cl][Pt].[NH2-].[NH2-]. The Hall–Kier alpha value is 0.818. The van der Waals surface area contributed by atoms with Crippen LogP contribution >= 0.6 is 9.42 Å². The van der Waals surface area contributed by atoms with Crippen molar-refractivity contribution in [1.29, 1.82) is 0 Å². The Morgan fingerprint density at radius 2 is 0.857 bits per heavy atom. The molecule has 0 spiro atoms. The van der Waals surface area contributed by atoms with E-state index in [2.05, 4.69) is 9.42 Å². The molecule has 0 fully saturated rings. The average molecular weight is 314 g/mol. The first-order chi connectivity index (χ1) is 1.00. The van der Waals surface area contributed by atoms with Gasteiger partial charge in [-0.05, 0) is 0 Å². The smallest absolute Gasteiger partial charge is 0.693 e. The summed E-state index contributed by atoms with van der Waals surface area (Å²) < 4.78 is 0. The van der Waals surface area contributed by atoms with Gasteiger partial charge in [0.15, 0.2) is 0 Å². The van der Waals surface area contributed by atoms with Crippen molar-refractivity contribution in [2.45, 2.75) is 0 Å². The van der Waals surface area contributed by atoms with E-state index < -0.39 is 0 Å². The summed E-state index contributed by atoms with van der Waals surface area (Å²) in [6.45, 7) is 0. The molecular formula is CH11ClN2O2Pt-3. The van der Waals surface area contributed by atoms with Crippen LogP contribution in [0.4, 0.5) is 0 Å². The van der Waals surface area contributed by atoms with Gasteiger partial charge in [-0.1, -0.05) is 0 Å². The molecule has 0 heterocycles. The molecule has 0 aliphatic carbocycles. The van der Waals surface area contributed by atoms with Gasteiger partial charge >= 0.3 is 28.2 Å². The molecule has 0 unspecified atom stereocenters. The maximum Gasteiger partial charge on any atom is -0.693 e. The van der Waals surface area contributed by atoms with Crippen LogP contribution in [-0.2, 0) is 18.8 Å². The van der Waals surface area contributed by atoms with Crippen LogP contribution in [0.5, 0.6) is 0 Å². The van der Waals surface area contributed by atoms with E-state index in [1.807, 2.05) is 0 Å². The first-order valence-corrected chi connectivity index (χ1v) is 2.94. The normalized spacial score (nSPS) is 1.00. The number of rotatable bonds is 0. The van der Waals surface area contributed by atoms with Crippen molar-refractivity contribution in [1.82, 2.24) is 0 Å². The van der Waals surface area contributed by atoms with Gasteiger partial charge in [-0.3, -0.25) is 0 Å². The zero-order valence-corrected chi connectivity index (χ0v) is 6.88. The molecule has 0 aromatic carbocycles. The van der Waals surface area contributed by atoms with Crippen molar-refractivity contribution in [2.24, 2.45) is 0 Å². The number of hydrogen-bond acceptors (Lipinski definition) is 0. The average Bonchev–Trinajstić information content (AvgIpc) is 1.00. The summed E-state index contributed by atoms with van der Waals surface area (Å²) in [5, 5.41) is 0. The first-order valence-electron chi connectivity index (χ1n) is 0.120. The number of halogens is 1. The second-order valence-corrected chi connectivity index (χ2v) is 0. The van der Waals surface area contributed by atoms with Crippen LogP contribution in [0.2, 0.25) is 0 Å². The summed E-state index contributed by atoms with van der Waals surface area (Å²) in [4.78, 5) is 0. The summed E-state index contributed by atoms with van der Waals surface area (Å²) in [6.07, 6.45) is 0. The van der Waals surface area contributed by atoms with Gasteiger partial charge in [-0.25, -0.2) is 0 Å². The topological polar surface area (TPSA) is 130 Å². The van der Waals surface area contributed by atoms with Crippen LogP contribution in [0.1, 0.15) is 0 Å². The van der Waals surface area contributed by atoms with Crippen LogP contribution in [-0.4, -0.2) is 11.0 Å². The Bertz CT molecular complexity index is 15.7. The monoisotopic (exact) mass is 313 g/mol. The zero-order chi connectivity index (χ0) is 2.00.